The predicted molar refractivity (Wildman–Crippen MR) is 111 cm³/mol. The zero-order valence-corrected chi connectivity index (χ0v) is 16.8. The van der Waals surface area contributed by atoms with E-state index in [1.165, 1.54) is 24.8 Å². The topological polar surface area (TPSA) is 50.8 Å². The number of rotatable bonds is 8. The smallest absolute Gasteiger partial charge is 0.261 e. The number of benzene rings is 2. The molecule has 0 saturated carbocycles. The Morgan fingerprint density at radius 2 is 1.64 bits per heavy atom. The minimum absolute atomic E-state index is 0.140. The van der Waals surface area contributed by atoms with Crippen molar-refractivity contribution in [1.29, 1.82) is 0 Å². The Morgan fingerprint density at radius 3 is 2.36 bits per heavy atom. The molecule has 1 saturated heterocycles. The number of hydrogen-bond donors (Lipinski definition) is 1. The van der Waals surface area contributed by atoms with Crippen LogP contribution in [0.2, 0.25) is 0 Å². The average Bonchev–Trinajstić information content (AvgIpc) is 2.74. The Kier molecular flexibility index (Phi) is 7.31. The Morgan fingerprint density at radius 1 is 1.00 bits per heavy atom. The number of amides is 1. The van der Waals surface area contributed by atoms with Gasteiger partial charge in [-0.3, -0.25) is 9.69 Å². The lowest BCUT2D eigenvalue weighted by Crippen LogP contribution is -2.36. The van der Waals surface area contributed by atoms with Gasteiger partial charge in [-0.1, -0.05) is 42.8 Å². The Hall–Kier alpha value is -2.53. The zero-order chi connectivity index (χ0) is 19.8. The maximum Gasteiger partial charge on any atom is 0.261 e. The van der Waals surface area contributed by atoms with Crippen molar-refractivity contribution in [1.82, 2.24) is 10.2 Å². The molecule has 28 heavy (non-hydrogen) atoms. The second-order valence-corrected chi connectivity index (χ2v) is 7.23. The summed E-state index contributed by atoms with van der Waals surface area (Å²) in [6, 6.07) is 15.7. The molecule has 0 aliphatic carbocycles. The minimum atomic E-state index is -0.606. The normalized spacial score (nSPS) is 15.6. The highest BCUT2D eigenvalue weighted by molar-refractivity contribution is 5.80. The fraction of sp³-hybridized carbons (Fsp3) is 0.435. The number of para-hydroxylation sites is 2. The van der Waals surface area contributed by atoms with Crippen molar-refractivity contribution in [3.63, 3.8) is 0 Å². The molecule has 0 radical (unpaired) electrons. The highest BCUT2D eigenvalue weighted by atomic mass is 16.5. The van der Waals surface area contributed by atoms with Gasteiger partial charge in [0.1, 0.15) is 0 Å². The number of nitrogens with one attached hydrogen (secondary N) is 1. The molecule has 1 fully saturated rings. The van der Waals surface area contributed by atoms with Crippen LogP contribution in [0.25, 0.3) is 0 Å². The molecule has 1 aliphatic heterocycles. The molecule has 5 nitrogen and oxygen atoms in total. The van der Waals surface area contributed by atoms with Gasteiger partial charge in [-0.2, -0.15) is 0 Å². The fourth-order valence-corrected chi connectivity index (χ4v) is 3.53. The second-order valence-electron chi connectivity index (χ2n) is 7.23. The largest absolute Gasteiger partial charge is 0.493 e. The fourth-order valence-electron chi connectivity index (χ4n) is 3.53. The van der Waals surface area contributed by atoms with Crippen LogP contribution in [0.5, 0.6) is 11.5 Å². The van der Waals surface area contributed by atoms with Crippen molar-refractivity contribution < 1.29 is 14.3 Å². The first-order valence-electron chi connectivity index (χ1n) is 10.0. The summed E-state index contributed by atoms with van der Waals surface area (Å²) in [5.74, 6) is 1.05. The number of likely N-dealkylation sites (tertiary alicyclic amines) is 1. The molecule has 2 aromatic carbocycles. The second kappa shape index (κ2) is 10.1. The van der Waals surface area contributed by atoms with Crippen LogP contribution in [0.4, 0.5) is 0 Å². The molecule has 2 aromatic rings. The lowest BCUT2D eigenvalue weighted by atomic mass is 10.0. The third-order valence-corrected chi connectivity index (χ3v) is 5.16. The van der Waals surface area contributed by atoms with Crippen LogP contribution in [0, 0.1) is 0 Å². The molecular weight excluding hydrogens is 352 g/mol. The van der Waals surface area contributed by atoms with Crippen molar-refractivity contribution in [2.45, 2.75) is 45.4 Å². The van der Waals surface area contributed by atoms with E-state index in [1.54, 1.807) is 20.1 Å². The van der Waals surface area contributed by atoms with Crippen LogP contribution in [-0.4, -0.2) is 37.1 Å². The third kappa shape index (κ3) is 5.49. The predicted octanol–water partition coefficient (Wildman–Crippen LogP) is 3.76. The van der Waals surface area contributed by atoms with Gasteiger partial charge in [-0.15, -0.1) is 0 Å². The average molecular weight is 383 g/mol. The first-order valence-corrected chi connectivity index (χ1v) is 10.0. The molecule has 0 spiro atoms. The van der Waals surface area contributed by atoms with E-state index in [2.05, 4.69) is 28.4 Å². The van der Waals surface area contributed by atoms with E-state index in [4.69, 9.17) is 9.47 Å². The summed E-state index contributed by atoms with van der Waals surface area (Å²) >= 11 is 0. The minimum Gasteiger partial charge on any atom is -0.493 e. The van der Waals surface area contributed by atoms with Gasteiger partial charge < -0.3 is 14.8 Å². The summed E-state index contributed by atoms with van der Waals surface area (Å²) in [6.07, 6.45) is 3.27. The molecule has 0 bridgehead atoms. The summed E-state index contributed by atoms with van der Waals surface area (Å²) in [6.45, 7) is 5.51. The summed E-state index contributed by atoms with van der Waals surface area (Å²) in [7, 11) is 1.59. The van der Waals surface area contributed by atoms with Crippen LogP contribution >= 0.6 is 0 Å². The standard InChI is InChI=1S/C23H30N2O3/c1-18(28-22-13-7-6-12-21(22)27-2)23(26)24-16-19-10-4-5-11-20(19)17-25-14-8-3-9-15-25/h4-7,10-13,18H,3,8-9,14-17H2,1-2H3,(H,24,26). The number of piperidine rings is 1. The van der Waals surface area contributed by atoms with Gasteiger partial charge in [-0.25, -0.2) is 0 Å². The zero-order valence-electron chi connectivity index (χ0n) is 16.8. The third-order valence-electron chi connectivity index (χ3n) is 5.16. The highest BCUT2D eigenvalue weighted by Crippen LogP contribution is 2.26. The van der Waals surface area contributed by atoms with E-state index in [1.807, 2.05) is 24.3 Å². The van der Waals surface area contributed by atoms with E-state index < -0.39 is 6.10 Å². The first-order chi connectivity index (χ1) is 13.7. The molecule has 1 unspecified atom stereocenters. The maximum atomic E-state index is 12.5. The Labute approximate surface area is 167 Å². The van der Waals surface area contributed by atoms with E-state index in [-0.39, 0.29) is 5.91 Å². The molecule has 5 heteroatoms. The van der Waals surface area contributed by atoms with Gasteiger partial charge in [0.15, 0.2) is 17.6 Å². The van der Waals surface area contributed by atoms with Crippen molar-refractivity contribution in [2.24, 2.45) is 0 Å². The van der Waals surface area contributed by atoms with Gasteiger partial charge in [0, 0.05) is 13.1 Å². The number of ether oxygens (including phenoxy) is 2. The summed E-state index contributed by atoms with van der Waals surface area (Å²) < 4.78 is 11.1. The van der Waals surface area contributed by atoms with E-state index in [9.17, 15) is 4.79 Å². The number of carbonyl (C=O) groups excluding carboxylic acids is 1. The molecule has 1 aliphatic rings. The number of nitrogens with zero attached hydrogens (tertiary/aromatic N) is 1. The monoisotopic (exact) mass is 382 g/mol. The lowest BCUT2D eigenvalue weighted by Gasteiger charge is -2.27. The molecule has 1 atom stereocenters. The van der Waals surface area contributed by atoms with Crippen molar-refractivity contribution in [3.8, 4) is 11.5 Å². The van der Waals surface area contributed by atoms with Gasteiger partial charge in [0.2, 0.25) is 0 Å². The summed E-state index contributed by atoms with van der Waals surface area (Å²) in [4.78, 5) is 15.0. The molecule has 1 heterocycles. The van der Waals surface area contributed by atoms with E-state index in [0.29, 0.717) is 18.0 Å². The van der Waals surface area contributed by atoms with Crippen molar-refractivity contribution in [2.75, 3.05) is 20.2 Å². The van der Waals surface area contributed by atoms with Gasteiger partial charge in [0.25, 0.3) is 5.91 Å². The molecule has 0 aromatic heterocycles. The molecule has 1 amide bonds. The molecule has 150 valence electrons. The maximum absolute atomic E-state index is 12.5. The van der Waals surface area contributed by atoms with E-state index >= 15 is 0 Å². The SMILES string of the molecule is COc1ccccc1OC(C)C(=O)NCc1ccccc1CN1CCCCC1. The molecule has 3 rings (SSSR count). The van der Waals surface area contributed by atoms with Crippen LogP contribution in [0.1, 0.15) is 37.3 Å². The number of methoxy groups -OCH3 is 1. The van der Waals surface area contributed by atoms with Gasteiger partial charge in [-0.05, 0) is 56.1 Å². The number of hydrogen-bond acceptors (Lipinski definition) is 4. The van der Waals surface area contributed by atoms with Gasteiger partial charge in [0.05, 0.1) is 7.11 Å². The first kappa shape index (κ1) is 20.2. The Bertz CT molecular complexity index is 772. The quantitative estimate of drug-likeness (QED) is 0.755. The molecule has 1 N–H and O–H groups in total. The highest BCUT2D eigenvalue weighted by Gasteiger charge is 2.17. The van der Waals surface area contributed by atoms with Crippen LogP contribution in [0.15, 0.2) is 48.5 Å². The number of carbonyl (C=O) groups is 1. The Balaban J connectivity index is 1.56. The summed E-state index contributed by atoms with van der Waals surface area (Å²) in [5.41, 5.74) is 2.44. The lowest BCUT2D eigenvalue weighted by molar-refractivity contribution is -0.127. The molecular formula is C23H30N2O3. The van der Waals surface area contributed by atoms with Crippen LogP contribution in [-0.2, 0) is 17.9 Å². The van der Waals surface area contributed by atoms with Crippen LogP contribution < -0.4 is 14.8 Å². The van der Waals surface area contributed by atoms with Crippen molar-refractivity contribution in [3.05, 3.63) is 59.7 Å². The van der Waals surface area contributed by atoms with Crippen molar-refractivity contribution >= 4 is 5.91 Å². The summed E-state index contributed by atoms with van der Waals surface area (Å²) in [5, 5.41) is 3.01. The van der Waals surface area contributed by atoms with Gasteiger partial charge >= 0.3 is 0 Å². The van der Waals surface area contributed by atoms with E-state index in [0.717, 1.165) is 25.2 Å². The van der Waals surface area contributed by atoms with Crippen LogP contribution in [0.3, 0.4) is 0 Å².